The Hall–Kier alpha value is -0.970. The average Bonchev–Trinajstić information content (AvgIpc) is 2.53. The molecule has 2 aliphatic heterocycles. The highest BCUT2D eigenvalue weighted by Crippen LogP contribution is 2.21. The molecule has 0 spiro atoms. The number of nitrogens with one attached hydrogen (secondary N) is 1. The molecular formula is C16H25Cl2N3O. The summed E-state index contributed by atoms with van der Waals surface area (Å²) < 4.78 is 0. The van der Waals surface area contributed by atoms with Gasteiger partial charge in [0.1, 0.15) is 0 Å². The van der Waals surface area contributed by atoms with Crippen LogP contribution < -0.4 is 5.32 Å². The minimum absolute atomic E-state index is 0. The number of piperidine rings is 1. The molecule has 0 bridgehead atoms. The molecule has 1 aromatic carbocycles. The molecule has 2 aliphatic rings. The first-order valence-electron chi connectivity index (χ1n) is 7.64. The zero-order valence-corrected chi connectivity index (χ0v) is 14.4. The van der Waals surface area contributed by atoms with E-state index in [-0.39, 0.29) is 30.7 Å². The van der Waals surface area contributed by atoms with E-state index in [1.165, 1.54) is 25.8 Å². The molecular weight excluding hydrogens is 321 g/mol. The number of rotatable bonds is 3. The Kier molecular flexibility index (Phi) is 8.01. The van der Waals surface area contributed by atoms with Crippen LogP contribution in [0.1, 0.15) is 19.3 Å². The average molecular weight is 346 g/mol. The summed E-state index contributed by atoms with van der Waals surface area (Å²) in [6.07, 6.45) is 3.88. The predicted molar refractivity (Wildman–Crippen MR) is 95.2 cm³/mol. The summed E-state index contributed by atoms with van der Waals surface area (Å²) in [5, 5.41) is 3.21. The van der Waals surface area contributed by atoms with E-state index in [0.717, 1.165) is 25.3 Å². The van der Waals surface area contributed by atoms with Gasteiger partial charge in [0.15, 0.2) is 0 Å². The van der Waals surface area contributed by atoms with Crippen molar-refractivity contribution in [2.24, 2.45) is 0 Å². The van der Waals surface area contributed by atoms with Crippen LogP contribution in [0.4, 0.5) is 5.69 Å². The van der Waals surface area contributed by atoms with Gasteiger partial charge in [0.05, 0.1) is 6.54 Å². The van der Waals surface area contributed by atoms with Gasteiger partial charge in [-0.3, -0.25) is 9.69 Å². The number of hydrogen-bond acceptors (Lipinski definition) is 3. The van der Waals surface area contributed by atoms with Crippen molar-refractivity contribution in [1.29, 1.82) is 0 Å². The monoisotopic (exact) mass is 345 g/mol. The molecule has 6 heteroatoms. The van der Waals surface area contributed by atoms with Crippen LogP contribution in [0, 0.1) is 0 Å². The molecule has 1 unspecified atom stereocenters. The lowest BCUT2D eigenvalue weighted by Gasteiger charge is -2.44. The smallest absolute Gasteiger partial charge is 0.241 e. The first kappa shape index (κ1) is 19.1. The van der Waals surface area contributed by atoms with Crippen LogP contribution in [0.5, 0.6) is 0 Å². The van der Waals surface area contributed by atoms with Gasteiger partial charge in [-0.15, -0.1) is 24.8 Å². The van der Waals surface area contributed by atoms with E-state index in [0.29, 0.717) is 12.6 Å². The largest absolute Gasteiger partial charge is 0.376 e. The topological polar surface area (TPSA) is 35.6 Å². The molecule has 3 rings (SSSR count). The minimum Gasteiger partial charge on any atom is -0.376 e. The summed E-state index contributed by atoms with van der Waals surface area (Å²) in [4.78, 5) is 16.9. The Morgan fingerprint density at radius 1 is 1.09 bits per heavy atom. The van der Waals surface area contributed by atoms with E-state index >= 15 is 0 Å². The fraction of sp³-hybridized carbons (Fsp3) is 0.562. The number of hydrogen-bond donors (Lipinski definition) is 1. The normalized spacial score (nSPS) is 21.1. The molecule has 4 nitrogen and oxygen atoms in total. The molecule has 2 fully saturated rings. The van der Waals surface area contributed by atoms with E-state index in [1.54, 1.807) is 0 Å². The predicted octanol–water partition coefficient (Wildman–Crippen LogP) is 2.64. The molecule has 1 N–H and O–H groups in total. The third-order valence-corrected chi connectivity index (χ3v) is 4.41. The zero-order chi connectivity index (χ0) is 13.8. The number of piperazine rings is 1. The van der Waals surface area contributed by atoms with Crippen molar-refractivity contribution >= 4 is 36.4 Å². The maximum atomic E-state index is 12.3. The number of carbonyl (C=O) groups excluding carboxylic acids is 1. The minimum atomic E-state index is 0. The van der Waals surface area contributed by atoms with Gasteiger partial charge in [0, 0.05) is 31.4 Å². The lowest BCUT2D eigenvalue weighted by atomic mass is 9.99. The van der Waals surface area contributed by atoms with Gasteiger partial charge >= 0.3 is 0 Å². The molecule has 1 amide bonds. The van der Waals surface area contributed by atoms with Crippen LogP contribution in [-0.4, -0.2) is 54.5 Å². The zero-order valence-electron chi connectivity index (χ0n) is 12.7. The quantitative estimate of drug-likeness (QED) is 0.914. The van der Waals surface area contributed by atoms with E-state index in [9.17, 15) is 4.79 Å². The number of anilines is 1. The summed E-state index contributed by atoms with van der Waals surface area (Å²) in [6, 6.07) is 10.5. The third-order valence-electron chi connectivity index (χ3n) is 4.41. The third kappa shape index (κ3) is 4.77. The standard InChI is InChI=1S/C16H23N3O.2ClH/c20-16(12-17-14-6-2-1-3-7-14)19-11-10-18-9-5-4-8-15(18)13-19;;/h1-3,6-7,15,17H,4-5,8-13H2;2*1H. The summed E-state index contributed by atoms with van der Waals surface area (Å²) in [7, 11) is 0. The Labute approximate surface area is 145 Å². The molecule has 22 heavy (non-hydrogen) atoms. The van der Waals surface area contributed by atoms with Crippen molar-refractivity contribution in [3.8, 4) is 0 Å². The van der Waals surface area contributed by atoms with E-state index in [1.807, 2.05) is 35.2 Å². The Morgan fingerprint density at radius 3 is 2.64 bits per heavy atom. The van der Waals surface area contributed by atoms with E-state index < -0.39 is 0 Å². The van der Waals surface area contributed by atoms with Gasteiger partial charge in [0.2, 0.25) is 5.91 Å². The number of nitrogens with zero attached hydrogens (tertiary/aromatic N) is 2. The van der Waals surface area contributed by atoms with Crippen molar-refractivity contribution < 1.29 is 4.79 Å². The lowest BCUT2D eigenvalue weighted by Crippen LogP contribution is -2.56. The SMILES string of the molecule is Cl.Cl.O=C(CNc1ccccc1)N1CCN2CCCCC2C1. The van der Waals surface area contributed by atoms with Crippen molar-refractivity contribution in [3.63, 3.8) is 0 Å². The second-order valence-corrected chi connectivity index (χ2v) is 5.74. The van der Waals surface area contributed by atoms with Crippen molar-refractivity contribution in [2.45, 2.75) is 25.3 Å². The van der Waals surface area contributed by atoms with Gasteiger partial charge in [-0.2, -0.15) is 0 Å². The molecule has 0 saturated carbocycles. The summed E-state index contributed by atoms with van der Waals surface area (Å²) in [5.41, 5.74) is 1.01. The molecule has 0 radical (unpaired) electrons. The maximum absolute atomic E-state index is 12.3. The van der Waals surface area contributed by atoms with E-state index in [2.05, 4.69) is 10.2 Å². The van der Waals surface area contributed by atoms with Gasteiger partial charge < -0.3 is 10.2 Å². The van der Waals surface area contributed by atoms with Gasteiger partial charge in [-0.1, -0.05) is 24.6 Å². The van der Waals surface area contributed by atoms with Crippen LogP contribution in [0.25, 0.3) is 0 Å². The Bertz CT molecular complexity index is 458. The second-order valence-electron chi connectivity index (χ2n) is 5.74. The van der Waals surface area contributed by atoms with Gasteiger partial charge in [0.25, 0.3) is 0 Å². The van der Waals surface area contributed by atoms with Crippen LogP contribution in [0.3, 0.4) is 0 Å². The first-order chi connectivity index (χ1) is 9.83. The molecule has 2 saturated heterocycles. The lowest BCUT2D eigenvalue weighted by molar-refractivity contribution is -0.132. The Morgan fingerprint density at radius 2 is 1.86 bits per heavy atom. The number of benzene rings is 1. The molecule has 1 atom stereocenters. The van der Waals surface area contributed by atoms with Gasteiger partial charge in [-0.25, -0.2) is 0 Å². The number of halogens is 2. The summed E-state index contributed by atoms with van der Waals surface area (Å²) in [6.45, 7) is 4.45. The highest BCUT2D eigenvalue weighted by Gasteiger charge is 2.30. The first-order valence-corrected chi connectivity index (χ1v) is 7.64. The molecule has 2 heterocycles. The van der Waals surface area contributed by atoms with Crippen LogP contribution in [0.15, 0.2) is 30.3 Å². The van der Waals surface area contributed by atoms with Crippen molar-refractivity contribution in [3.05, 3.63) is 30.3 Å². The maximum Gasteiger partial charge on any atom is 0.241 e. The summed E-state index contributed by atoms with van der Waals surface area (Å²) >= 11 is 0. The number of amides is 1. The molecule has 124 valence electrons. The fourth-order valence-corrected chi connectivity index (χ4v) is 3.23. The fourth-order valence-electron chi connectivity index (χ4n) is 3.23. The van der Waals surface area contributed by atoms with E-state index in [4.69, 9.17) is 0 Å². The molecule has 1 aromatic rings. The second kappa shape index (κ2) is 9.23. The molecule has 0 aliphatic carbocycles. The highest BCUT2D eigenvalue weighted by atomic mass is 35.5. The van der Waals surface area contributed by atoms with Crippen LogP contribution in [-0.2, 0) is 4.79 Å². The number of para-hydroxylation sites is 1. The summed E-state index contributed by atoms with van der Waals surface area (Å²) in [5.74, 6) is 0.221. The van der Waals surface area contributed by atoms with Gasteiger partial charge in [-0.05, 0) is 31.5 Å². The van der Waals surface area contributed by atoms with Crippen LogP contribution >= 0.6 is 24.8 Å². The number of carbonyl (C=O) groups is 1. The van der Waals surface area contributed by atoms with Crippen molar-refractivity contribution in [2.75, 3.05) is 38.0 Å². The Balaban J connectivity index is 0.00000121. The molecule has 0 aromatic heterocycles. The highest BCUT2D eigenvalue weighted by molar-refractivity contribution is 5.85. The number of fused-ring (bicyclic) bond motifs is 1. The van der Waals surface area contributed by atoms with Crippen LogP contribution in [0.2, 0.25) is 0 Å². The van der Waals surface area contributed by atoms with Crippen molar-refractivity contribution in [1.82, 2.24) is 9.80 Å².